The topological polar surface area (TPSA) is 18.5 Å². The number of ether oxygens (including phenoxy) is 2. The molecule has 0 spiro atoms. The summed E-state index contributed by atoms with van der Waals surface area (Å²) in [5.41, 5.74) is 1.44. The van der Waals surface area contributed by atoms with Crippen molar-refractivity contribution in [2.75, 3.05) is 13.2 Å². The minimum atomic E-state index is 0.512. The second-order valence-electron chi connectivity index (χ2n) is 5.18. The molecule has 0 aromatic heterocycles. The van der Waals surface area contributed by atoms with Crippen LogP contribution in [-0.2, 0) is 6.42 Å². The van der Waals surface area contributed by atoms with Gasteiger partial charge >= 0.3 is 0 Å². The summed E-state index contributed by atoms with van der Waals surface area (Å²) in [4.78, 5) is 1.40. The molecule has 1 unspecified atom stereocenters. The Morgan fingerprint density at radius 2 is 1.71 bits per heavy atom. The summed E-state index contributed by atoms with van der Waals surface area (Å²) in [6.07, 6.45) is 2.12. The second-order valence-corrected chi connectivity index (χ2v) is 6.52. The maximum atomic E-state index is 5.90. The third-order valence-electron chi connectivity index (χ3n) is 3.45. The first-order valence-electron chi connectivity index (χ1n) is 7.45. The maximum absolute atomic E-state index is 5.90. The first kappa shape index (κ1) is 14.3. The number of benzene rings is 2. The molecule has 0 bridgehead atoms. The Labute approximate surface area is 130 Å². The molecule has 1 atom stereocenters. The number of fused-ring (bicyclic) bond motifs is 1. The van der Waals surface area contributed by atoms with Gasteiger partial charge in [0.15, 0.2) is 0 Å². The average Bonchev–Trinajstić information content (AvgIpc) is 2.95. The zero-order chi connectivity index (χ0) is 14.5. The highest BCUT2D eigenvalue weighted by atomic mass is 32.2. The quantitative estimate of drug-likeness (QED) is 0.778. The highest BCUT2D eigenvalue weighted by Gasteiger charge is 2.22. The average molecular weight is 300 g/mol. The summed E-state index contributed by atoms with van der Waals surface area (Å²) >= 11 is 1.92. The predicted octanol–water partition coefficient (Wildman–Crippen LogP) is 4.57. The molecule has 0 radical (unpaired) electrons. The van der Waals surface area contributed by atoms with Gasteiger partial charge in [0.2, 0.25) is 0 Å². The normalized spacial score (nSPS) is 16.5. The van der Waals surface area contributed by atoms with Gasteiger partial charge < -0.3 is 9.47 Å². The molecule has 0 amide bonds. The molecule has 0 saturated heterocycles. The van der Waals surface area contributed by atoms with E-state index in [-0.39, 0.29) is 0 Å². The molecule has 2 aromatic rings. The summed E-state index contributed by atoms with van der Waals surface area (Å²) in [5, 5.41) is 0.512. The van der Waals surface area contributed by atoms with Crippen LogP contribution in [0, 0.1) is 0 Å². The largest absolute Gasteiger partial charge is 0.494 e. The first-order valence-corrected chi connectivity index (χ1v) is 8.33. The van der Waals surface area contributed by atoms with Crippen LogP contribution >= 0.6 is 11.8 Å². The molecular weight excluding hydrogens is 280 g/mol. The zero-order valence-corrected chi connectivity index (χ0v) is 13.1. The molecule has 0 fully saturated rings. The number of thioether (sulfide) groups is 1. The molecule has 3 heteroatoms. The van der Waals surface area contributed by atoms with Gasteiger partial charge in [-0.1, -0.05) is 25.1 Å². The van der Waals surface area contributed by atoms with Gasteiger partial charge in [-0.05, 0) is 48.7 Å². The van der Waals surface area contributed by atoms with Crippen LogP contribution in [0.4, 0.5) is 0 Å². The van der Waals surface area contributed by atoms with Crippen LogP contribution < -0.4 is 9.47 Å². The van der Waals surface area contributed by atoms with Crippen molar-refractivity contribution in [3.05, 3.63) is 54.1 Å². The van der Waals surface area contributed by atoms with Crippen LogP contribution in [-0.4, -0.2) is 18.5 Å². The van der Waals surface area contributed by atoms with E-state index in [1.807, 2.05) is 36.0 Å². The summed E-state index contributed by atoms with van der Waals surface area (Å²) in [6, 6.07) is 16.5. The van der Waals surface area contributed by atoms with E-state index in [0.29, 0.717) is 5.25 Å². The molecule has 1 aliphatic rings. The highest BCUT2D eigenvalue weighted by Crippen LogP contribution is 2.36. The van der Waals surface area contributed by atoms with Gasteiger partial charge in [-0.15, -0.1) is 11.8 Å². The molecule has 110 valence electrons. The highest BCUT2D eigenvalue weighted by molar-refractivity contribution is 8.00. The smallest absolute Gasteiger partial charge is 0.119 e. The summed E-state index contributed by atoms with van der Waals surface area (Å²) in [5.74, 6) is 1.82. The Bertz CT molecular complexity index is 555. The molecule has 0 aliphatic carbocycles. The van der Waals surface area contributed by atoms with Crippen LogP contribution in [0.5, 0.6) is 11.5 Å². The van der Waals surface area contributed by atoms with Gasteiger partial charge in [-0.2, -0.15) is 0 Å². The second kappa shape index (κ2) is 6.90. The maximum Gasteiger partial charge on any atom is 0.119 e. The van der Waals surface area contributed by atoms with Crippen molar-refractivity contribution in [3.63, 3.8) is 0 Å². The molecular formula is C18H20O2S. The number of rotatable bonds is 6. The lowest BCUT2D eigenvalue weighted by Crippen LogP contribution is -2.13. The third kappa shape index (κ3) is 3.73. The van der Waals surface area contributed by atoms with E-state index in [9.17, 15) is 0 Å². The monoisotopic (exact) mass is 300 g/mol. The van der Waals surface area contributed by atoms with Crippen molar-refractivity contribution >= 4 is 11.8 Å². The molecule has 0 N–H and O–H groups in total. The van der Waals surface area contributed by atoms with E-state index < -0.39 is 0 Å². The Hall–Kier alpha value is -1.61. The summed E-state index contributed by atoms with van der Waals surface area (Å²) in [6.45, 7) is 3.61. The van der Waals surface area contributed by atoms with E-state index >= 15 is 0 Å². The SMILES string of the molecule is CCCOc1ccc(OCC2Cc3ccccc3S2)cc1. The van der Waals surface area contributed by atoms with Gasteiger partial charge in [0, 0.05) is 10.1 Å². The predicted molar refractivity (Wildman–Crippen MR) is 87.5 cm³/mol. The Balaban J connectivity index is 1.50. The van der Waals surface area contributed by atoms with Crippen LogP contribution in [0.2, 0.25) is 0 Å². The zero-order valence-electron chi connectivity index (χ0n) is 12.2. The van der Waals surface area contributed by atoms with E-state index in [1.165, 1.54) is 10.5 Å². The summed E-state index contributed by atoms with van der Waals surface area (Å²) < 4.78 is 11.5. The fraction of sp³-hybridized carbons (Fsp3) is 0.333. The summed E-state index contributed by atoms with van der Waals surface area (Å²) in [7, 11) is 0. The van der Waals surface area contributed by atoms with Crippen LogP contribution in [0.1, 0.15) is 18.9 Å². The molecule has 3 rings (SSSR count). The first-order chi connectivity index (χ1) is 10.3. The molecule has 1 aliphatic heterocycles. The van der Waals surface area contributed by atoms with Crippen molar-refractivity contribution in [2.45, 2.75) is 29.9 Å². The fourth-order valence-corrected chi connectivity index (χ4v) is 3.61. The van der Waals surface area contributed by atoms with Gasteiger partial charge in [0.1, 0.15) is 18.1 Å². The molecule has 0 saturated carbocycles. The van der Waals surface area contributed by atoms with Crippen molar-refractivity contribution < 1.29 is 9.47 Å². The van der Waals surface area contributed by atoms with E-state index in [0.717, 1.165) is 37.6 Å². The lowest BCUT2D eigenvalue weighted by atomic mass is 10.1. The van der Waals surface area contributed by atoms with Crippen molar-refractivity contribution in [1.82, 2.24) is 0 Å². The Kier molecular flexibility index (Phi) is 4.71. The van der Waals surface area contributed by atoms with Gasteiger partial charge in [0.25, 0.3) is 0 Å². The van der Waals surface area contributed by atoms with Crippen LogP contribution in [0.3, 0.4) is 0 Å². The standard InChI is InChI=1S/C18H20O2S/c1-2-11-19-15-7-9-16(10-8-15)20-13-17-12-14-5-3-4-6-18(14)21-17/h3-10,17H,2,11-13H2,1H3. The third-order valence-corrected chi connectivity index (χ3v) is 4.73. The van der Waals surface area contributed by atoms with Crippen molar-refractivity contribution in [3.8, 4) is 11.5 Å². The van der Waals surface area contributed by atoms with Gasteiger partial charge in [-0.3, -0.25) is 0 Å². The molecule has 21 heavy (non-hydrogen) atoms. The number of hydrogen-bond acceptors (Lipinski definition) is 3. The Morgan fingerprint density at radius 3 is 2.43 bits per heavy atom. The molecule has 2 nitrogen and oxygen atoms in total. The fourth-order valence-electron chi connectivity index (χ4n) is 2.39. The Morgan fingerprint density at radius 1 is 1.00 bits per heavy atom. The lowest BCUT2D eigenvalue weighted by molar-refractivity contribution is 0.309. The van der Waals surface area contributed by atoms with E-state index in [2.05, 4.69) is 31.2 Å². The number of hydrogen-bond donors (Lipinski definition) is 0. The van der Waals surface area contributed by atoms with Crippen LogP contribution in [0.25, 0.3) is 0 Å². The lowest BCUT2D eigenvalue weighted by Gasteiger charge is -2.11. The minimum absolute atomic E-state index is 0.512. The van der Waals surface area contributed by atoms with Gasteiger partial charge in [0.05, 0.1) is 6.61 Å². The molecule has 2 aromatic carbocycles. The van der Waals surface area contributed by atoms with E-state index in [1.54, 1.807) is 0 Å². The van der Waals surface area contributed by atoms with Gasteiger partial charge in [-0.25, -0.2) is 0 Å². The minimum Gasteiger partial charge on any atom is -0.494 e. The van der Waals surface area contributed by atoms with E-state index in [4.69, 9.17) is 9.47 Å². The van der Waals surface area contributed by atoms with Crippen molar-refractivity contribution in [2.24, 2.45) is 0 Å². The van der Waals surface area contributed by atoms with Crippen LogP contribution in [0.15, 0.2) is 53.4 Å². The van der Waals surface area contributed by atoms with Crippen molar-refractivity contribution in [1.29, 1.82) is 0 Å². The molecule has 1 heterocycles.